The van der Waals surface area contributed by atoms with E-state index in [4.69, 9.17) is 9.84 Å². The molecule has 8 heteroatoms. The first-order chi connectivity index (χ1) is 16.4. The number of rotatable bonds is 7. The van der Waals surface area contributed by atoms with Gasteiger partial charge < -0.3 is 14.7 Å². The molecule has 1 aliphatic carbocycles. The van der Waals surface area contributed by atoms with E-state index < -0.39 is 12.1 Å². The number of nitrogens with one attached hydrogen (secondary N) is 1. The van der Waals surface area contributed by atoms with Crippen molar-refractivity contribution in [2.45, 2.75) is 12.8 Å². The van der Waals surface area contributed by atoms with E-state index in [1.807, 2.05) is 46.9 Å². The molecule has 0 radical (unpaired) electrons. The maximum Gasteiger partial charge on any atom is 0.411 e. The first kappa shape index (κ1) is 23.7. The molecule has 0 bridgehead atoms. The quantitative estimate of drug-likeness (QED) is 0.381. The Morgan fingerprint density at radius 1 is 1.00 bits per heavy atom. The van der Waals surface area contributed by atoms with E-state index in [0.29, 0.717) is 14.8 Å². The van der Waals surface area contributed by atoms with Gasteiger partial charge in [-0.1, -0.05) is 48.5 Å². The molecule has 174 valence electrons. The Labute approximate surface area is 210 Å². The molecule has 0 fully saturated rings. The molecule has 0 spiro atoms. The van der Waals surface area contributed by atoms with Gasteiger partial charge in [0.2, 0.25) is 0 Å². The van der Waals surface area contributed by atoms with E-state index in [1.165, 1.54) is 4.90 Å². The number of fused-ring (bicyclic) bond motifs is 3. The zero-order valence-electron chi connectivity index (χ0n) is 18.5. The van der Waals surface area contributed by atoms with Gasteiger partial charge in [-0.2, -0.15) is 0 Å². The number of carboxylic acid groups (broad SMARTS) is 1. The van der Waals surface area contributed by atoms with Crippen molar-refractivity contribution >= 4 is 46.2 Å². The summed E-state index contributed by atoms with van der Waals surface area (Å²) in [5.74, 6) is -1.49. The van der Waals surface area contributed by atoms with E-state index in [1.54, 1.807) is 25.1 Å². The molecule has 2 N–H and O–H groups in total. The zero-order chi connectivity index (χ0) is 24.2. The summed E-state index contributed by atoms with van der Waals surface area (Å²) in [7, 11) is 0. The summed E-state index contributed by atoms with van der Waals surface area (Å²) in [6.07, 6.45) is -0.583. The van der Waals surface area contributed by atoms with E-state index in [9.17, 15) is 14.4 Å². The van der Waals surface area contributed by atoms with Crippen LogP contribution >= 0.6 is 22.6 Å². The third-order valence-corrected chi connectivity index (χ3v) is 6.68. The summed E-state index contributed by atoms with van der Waals surface area (Å²) in [5.41, 5.74) is 5.45. The lowest BCUT2D eigenvalue weighted by Crippen LogP contribution is -2.35. The highest BCUT2D eigenvalue weighted by molar-refractivity contribution is 14.1. The van der Waals surface area contributed by atoms with Crippen LogP contribution in [0.25, 0.3) is 11.1 Å². The van der Waals surface area contributed by atoms with Crippen molar-refractivity contribution in [2.24, 2.45) is 0 Å². The molecule has 0 heterocycles. The van der Waals surface area contributed by atoms with Gasteiger partial charge in [-0.3, -0.25) is 14.9 Å². The van der Waals surface area contributed by atoms with E-state index in [2.05, 4.69) is 29.6 Å². The number of anilines is 1. The molecule has 3 aromatic rings. The van der Waals surface area contributed by atoms with Crippen molar-refractivity contribution in [1.29, 1.82) is 0 Å². The lowest BCUT2D eigenvalue weighted by Gasteiger charge is -2.19. The first-order valence-electron chi connectivity index (χ1n) is 10.8. The van der Waals surface area contributed by atoms with Gasteiger partial charge >= 0.3 is 12.1 Å². The lowest BCUT2D eigenvalue weighted by atomic mass is 9.98. The Morgan fingerprint density at radius 2 is 1.62 bits per heavy atom. The van der Waals surface area contributed by atoms with Crippen LogP contribution in [0.5, 0.6) is 0 Å². The van der Waals surface area contributed by atoms with Crippen LogP contribution in [0.4, 0.5) is 10.5 Å². The molecule has 0 aliphatic heterocycles. The van der Waals surface area contributed by atoms with Crippen LogP contribution in [0.1, 0.15) is 34.3 Å². The summed E-state index contributed by atoms with van der Waals surface area (Å²) >= 11 is 2.02. The molecule has 0 aromatic heterocycles. The van der Waals surface area contributed by atoms with Crippen LogP contribution in [0.2, 0.25) is 0 Å². The number of likely N-dealkylation sites (N-methyl/N-ethyl adjacent to an activating group) is 1. The maximum absolute atomic E-state index is 12.6. The summed E-state index contributed by atoms with van der Waals surface area (Å²) in [5, 5.41) is 11.7. The predicted molar refractivity (Wildman–Crippen MR) is 137 cm³/mol. The highest BCUT2D eigenvalue weighted by atomic mass is 127. The van der Waals surface area contributed by atoms with E-state index in [0.717, 1.165) is 22.3 Å². The minimum absolute atomic E-state index is 0.0357. The van der Waals surface area contributed by atoms with Crippen molar-refractivity contribution in [3.63, 3.8) is 0 Å². The summed E-state index contributed by atoms with van der Waals surface area (Å²) < 4.78 is 6.22. The summed E-state index contributed by atoms with van der Waals surface area (Å²) in [6.45, 7) is 1.83. The molecule has 0 unspecified atom stereocenters. The zero-order valence-corrected chi connectivity index (χ0v) is 20.6. The van der Waals surface area contributed by atoms with Crippen LogP contribution in [0, 0.1) is 3.57 Å². The van der Waals surface area contributed by atoms with Crippen molar-refractivity contribution in [3.8, 4) is 11.1 Å². The number of hydrogen-bond acceptors (Lipinski definition) is 4. The highest BCUT2D eigenvalue weighted by Crippen LogP contribution is 2.44. The van der Waals surface area contributed by atoms with Crippen LogP contribution in [-0.2, 0) is 9.53 Å². The number of carboxylic acids is 1. The fraction of sp³-hybridized carbons (Fsp3) is 0.192. The molecule has 7 nitrogen and oxygen atoms in total. The van der Waals surface area contributed by atoms with Gasteiger partial charge in [0, 0.05) is 21.6 Å². The van der Waals surface area contributed by atoms with Gasteiger partial charge in [-0.15, -0.1) is 0 Å². The normalized spacial score (nSPS) is 11.9. The molecule has 34 heavy (non-hydrogen) atoms. The number of benzene rings is 3. The second kappa shape index (κ2) is 10.3. The smallest absolute Gasteiger partial charge is 0.411 e. The number of ether oxygens (including phenoxy) is 1. The number of aliphatic carboxylic acids is 1. The third-order valence-electron chi connectivity index (χ3n) is 5.79. The van der Waals surface area contributed by atoms with Gasteiger partial charge in [0.15, 0.2) is 0 Å². The standard InChI is InChI=1S/C26H23IN2O5/c1-2-29(14-24(30)31)25(32)16-11-12-23(22(27)13-16)28-26(33)34-15-21-19-9-5-3-7-17(19)18-8-4-6-10-20(18)21/h3-13,21H,2,14-15H2,1H3,(H,28,33)(H,30,31). The minimum Gasteiger partial charge on any atom is -0.480 e. The van der Waals surface area contributed by atoms with Crippen LogP contribution in [-0.4, -0.2) is 47.7 Å². The molecule has 2 amide bonds. The number of halogens is 1. The molecule has 1 aliphatic rings. The second-order valence-corrected chi connectivity index (χ2v) is 9.02. The van der Waals surface area contributed by atoms with Crippen molar-refractivity contribution < 1.29 is 24.2 Å². The monoisotopic (exact) mass is 570 g/mol. The van der Waals surface area contributed by atoms with E-state index >= 15 is 0 Å². The fourth-order valence-corrected chi connectivity index (χ4v) is 4.82. The molecule has 3 aromatic carbocycles. The van der Waals surface area contributed by atoms with Crippen molar-refractivity contribution in [2.75, 3.05) is 25.0 Å². The number of carbonyl (C=O) groups excluding carboxylic acids is 2. The SMILES string of the molecule is CCN(CC(=O)O)C(=O)c1ccc(NC(=O)OCC2c3ccccc3-c3ccccc32)c(I)c1. The Morgan fingerprint density at radius 3 is 2.18 bits per heavy atom. The van der Waals surface area contributed by atoms with Gasteiger partial charge in [-0.25, -0.2) is 4.79 Å². The largest absolute Gasteiger partial charge is 0.480 e. The number of carbonyl (C=O) groups is 3. The fourth-order valence-electron chi connectivity index (χ4n) is 4.17. The average molecular weight is 570 g/mol. The van der Waals surface area contributed by atoms with Crippen LogP contribution < -0.4 is 5.32 Å². The minimum atomic E-state index is -1.07. The van der Waals surface area contributed by atoms with Gasteiger partial charge in [-0.05, 0) is 70.0 Å². The Kier molecular flexibility index (Phi) is 7.16. The molecular weight excluding hydrogens is 547 g/mol. The van der Waals surface area contributed by atoms with E-state index in [-0.39, 0.29) is 31.5 Å². The average Bonchev–Trinajstić information content (AvgIpc) is 3.15. The molecule has 4 rings (SSSR count). The summed E-state index contributed by atoms with van der Waals surface area (Å²) in [4.78, 5) is 37.4. The Bertz CT molecular complexity index is 1210. The van der Waals surface area contributed by atoms with Crippen molar-refractivity contribution in [1.82, 2.24) is 4.90 Å². The maximum atomic E-state index is 12.6. The second-order valence-electron chi connectivity index (χ2n) is 7.86. The van der Waals surface area contributed by atoms with Crippen LogP contribution in [0.15, 0.2) is 66.7 Å². The Hall–Kier alpha value is -3.40. The Balaban J connectivity index is 1.42. The summed E-state index contributed by atoms with van der Waals surface area (Å²) in [6, 6.07) is 21.1. The van der Waals surface area contributed by atoms with Gasteiger partial charge in [0.1, 0.15) is 13.2 Å². The number of amides is 2. The topological polar surface area (TPSA) is 95.9 Å². The predicted octanol–water partition coefficient (Wildman–Crippen LogP) is 5.20. The molecule has 0 saturated heterocycles. The molecule has 0 saturated carbocycles. The van der Waals surface area contributed by atoms with Crippen LogP contribution in [0.3, 0.4) is 0 Å². The molecular formula is C26H23IN2O5. The number of nitrogens with zero attached hydrogens (tertiary/aromatic N) is 1. The highest BCUT2D eigenvalue weighted by Gasteiger charge is 2.29. The van der Waals surface area contributed by atoms with Gasteiger partial charge in [0.25, 0.3) is 5.91 Å². The third kappa shape index (κ3) is 4.91. The lowest BCUT2D eigenvalue weighted by molar-refractivity contribution is -0.137. The first-order valence-corrected chi connectivity index (χ1v) is 11.9. The van der Waals surface area contributed by atoms with Crippen molar-refractivity contribution in [3.05, 3.63) is 87.0 Å². The number of hydrogen-bond donors (Lipinski definition) is 2. The molecule has 0 atom stereocenters. The van der Waals surface area contributed by atoms with Gasteiger partial charge in [0.05, 0.1) is 5.69 Å².